The molecule has 0 fully saturated rings. The molecule has 0 radical (unpaired) electrons. The fourth-order valence-corrected chi connectivity index (χ4v) is 2.27. The first kappa shape index (κ1) is 13.6. The second-order valence-corrected chi connectivity index (χ2v) is 5.27. The zero-order valence-electron chi connectivity index (χ0n) is 11.2. The lowest BCUT2D eigenvalue weighted by Gasteiger charge is -2.09. The van der Waals surface area contributed by atoms with E-state index in [0.29, 0.717) is 17.3 Å². The summed E-state index contributed by atoms with van der Waals surface area (Å²) in [6, 6.07) is 13.1. The van der Waals surface area contributed by atoms with Gasteiger partial charge in [0.15, 0.2) is 5.82 Å². The maximum atomic E-state index is 5.78. The number of ether oxygens (including phenoxy) is 1. The van der Waals surface area contributed by atoms with E-state index in [-0.39, 0.29) is 0 Å². The number of rotatable bonds is 3. The van der Waals surface area contributed by atoms with Crippen molar-refractivity contribution in [1.29, 1.82) is 0 Å². The number of nitrogens with two attached hydrogens (primary N) is 1. The molecular weight excluding hydrogens is 334 g/mol. The number of aromatic nitrogens is 4. The topological polar surface area (TPSA) is 78.8 Å². The van der Waals surface area contributed by atoms with E-state index in [9.17, 15) is 0 Å². The first-order valence-electron chi connectivity index (χ1n) is 6.17. The molecule has 3 aromatic rings. The summed E-state index contributed by atoms with van der Waals surface area (Å²) in [5.74, 6) is 1.22. The van der Waals surface area contributed by atoms with Crippen LogP contribution < -0.4 is 10.5 Å². The summed E-state index contributed by atoms with van der Waals surface area (Å²) >= 11 is 3.41. The first-order valence-corrected chi connectivity index (χ1v) is 6.96. The minimum Gasteiger partial charge on any atom is -0.496 e. The monoisotopic (exact) mass is 345 g/mol. The van der Waals surface area contributed by atoms with Crippen molar-refractivity contribution in [2.75, 3.05) is 12.8 Å². The highest BCUT2D eigenvalue weighted by molar-refractivity contribution is 9.10. The van der Waals surface area contributed by atoms with Gasteiger partial charge in [-0.2, -0.15) is 4.68 Å². The van der Waals surface area contributed by atoms with Crippen LogP contribution >= 0.6 is 15.9 Å². The molecule has 1 aromatic heterocycles. The maximum absolute atomic E-state index is 5.78. The summed E-state index contributed by atoms with van der Waals surface area (Å²) in [4.78, 5) is 0. The zero-order chi connectivity index (χ0) is 14.8. The zero-order valence-corrected chi connectivity index (χ0v) is 12.8. The van der Waals surface area contributed by atoms with Gasteiger partial charge in [0.2, 0.25) is 0 Å². The lowest BCUT2D eigenvalue weighted by atomic mass is 10.1. The van der Waals surface area contributed by atoms with Gasteiger partial charge < -0.3 is 10.5 Å². The van der Waals surface area contributed by atoms with Crippen molar-refractivity contribution in [2.45, 2.75) is 0 Å². The Hall–Kier alpha value is -2.41. The van der Waals surface area contributed by atoms with Gasteiger partial charge in [0.25, 0.3) is 0 Å². The van der Waals surface area contributed by atoms with E-state index in [1.54, 1.807) is 23.9 Å². The third-order valence-corrected chi connectivity index (χ3v) is 3.54. The van der Waals surface area contributed by atoms with Crippen LogP contribution in [0.2, 0.25) is 0 Å². The number of halogens is 1. The van der Waals surface area contributed by atoms with E-state index < -0.39 is 0 Å². The highest BCUT2D eigenvalue weighted by atomic mass is 79.9. The van der Waals surface area contributed by atoms with E-state index in [1.165, 1.54) is 0 Å². The van der Waals surface area contributed by atoms with Gasteiger partial charge in [0.1, 0.15) is 5.75 Å². The Kier molecular flexibility index (Phi) is 3.57. The smallest absolute Gasteiger partial charge is 0.190 e. The van der Waals surface area contributed by atoms with Crippen LogP contribution in [-0.4, -0.2) is 27.3 Å². The van der Waals surface area contributed by atoms with E-state index in [2.05, 4.69) is 31.5 Å². The van der Waals surface area contributed by atoms with E-state index in [0.717, 1.165) is 15.7 Å². The van der Waals surface area contributed by atoms with Gasteiger partial charge in [-0.1, -0.05) is 15.9 Å². The number of hydrogen-bond donors (Lipinski definition) is 1. The summed E-state index contributed by atoms with van der Waals surface area (Å²) in [6.07, 6.45) is 0. The number of tetrazole rings is 1. The molecule has 1 heterocycles. The fraction of sp³-hybridized carbons (Fsp3) is 0.0714. The Morgan fingerprint density at radius 3 is 2.62 bits per heavy atom. The third-order valence-electron chi connectivity index (χ3n) is 3.01. The van der Waals surface area contributed by atoms with Crippen molar-refractivity contribution in [3.05, 3.63) is 46.9 Å². The molecule has 0 saturated carbocycles. The molecule has 7 heteroatoms. The highest BCUT2D eigenvalue weighted by Crippen LogP contribution is 2.31. The van der Waals surface area contributed by atoms with E-state index >= 15 is 0 Å². The van der Waals surface area contributed by atoms with Crippen LogP contribution in [0.15, 0.2) is 46.9 Å². The third kappa shape index (κ3) is 2.59. The Labute approximate surface area is 129 Å². The first-order chi connectivity index (χ1) is 10.2. The van der Waals surface area contributed by atoms with Crippen molar-refractivity contribution >= 4 is 21.6 Å². The average Bonchev–Trinajstić information content (AvgIpc) is 2.97. The molecule has 0 unspecified atom stereocenters. The number of nitrogens with zero attached hydrogens (tertiary/aromatic N) is 4. The molecule has 0 aliphatic rings. The quantitative estimate of drug-likeness (QED) is 0.738. The van der Waals surface area contributed by atoms with Crippen molar-refractivity contribution in [3.63, 3.8) is 0 Å². The molecule has 0 bridgehead atoms. The fourth-order valence-electron chi connectivity index (χ4n) is 2.00. The standard InChI is InChI=1S/C14H12BrN5O/c1-21-13-8-10(16)4-7-12(13)14-17-18-19-20(14)11-5-2-9(15)3-6-11/h2-8H,16H2,1H3. The van der Waals surface area contributed by atoms with E-state index in [1.807, 2.05) is 30.3 Å². The molecule has 0 spiro atoms. The minimum atomic E-state index is 0.592. The van der Waals surface area contributed by atoms with Gasteiger partial charge in [-0.25, -0.2) is 0 Å². The molecule has 3 rings (SSSR count). The molecule has 2 N–H and O–H groups in total. The minimum absolute atomic E-state index is 0.592. The summed E-state index contributed by atoms with van der Waals surface area (Å²) in [7, 11) is 1.59. The van der Waals surface area contributed by atoms with Gasteiger partial charge in [0.05, 0.1) is 18.4 Å². The van der Waals surface area contributed by atoms with Crippen molar-refractivity contribution in [2.24, 2.45) is 0 Å². The maximum Gasteiger partial charge on any atom is 0.190 e. The van der Waals surface area contributed by atoms with Crippen LogP contribution in [0.5, 0.6) is 5.75 Å². The Bertz CT molecular complexity index is 769. The number of methoxy groups -OCH3 is 1. The SMILES string of the molecule is COc1cc(N)ccc1-c1nnnn1-c1ccc(Br)cc1. The Morgan fingerprint density at radius 1 is 1.14 bits per heavy atom. The highest BCUT2D eigenvalue weighted by Gasteiger charge is 2.15. The number of benzene rings is 2. The predicted octanol–water partition coefficient (Wildman–Crippen LogP) is 2.68. The summed E-state index contributed by atoms with van der Waals surface area (Å²) in [6.45, 7) is 0. The second-order valence-electron chi connectivity index (χ2n) is 4.35. The van der Waals surface area contributed by atoms with Crippen LogP contribution in [0.1, 0.15) is 0 Å². The molecule has 0 aliphatic carbocycles. The lowest BCUT2D eigenvalue weighted by molar-refractivity contribution is 0.416. The van der Waals surface area contributed by atoms with Crippen molar-refractivity contribution in [1.82, 2.24) is 20.2 Å². The number of anilines is 1. The van der Waals surface area contributed by atoms with Crippen molar-refractivity contribution in [3.8, 4) is 22.8 Å². The summed E-state index contributed by atoms with van der Waals surface area (Å²) < 4.78 is 8.01. The van der Waals surface area contributed by atoms with Crippen LogP contribution in [0.4, 0.5) is 5.69 Å². The molecule has 21 heavy (non-hydrogen) atoms. The molecule has 2 aromatic carbocycles. The molecule has 106 valence electrons. The molecule has 0 saturated heterocycles. The van der Waals surface area contributed by atoms with E-state index in [4.69, 9.17) is 10.5 Å². The second kappa shape index (κ2) is 5.53. The number of nitrogen functional groups attached to an aromatic ring is 1. The van der Waals surface area contributed by atoms with Gasteiger partial charge in [-0.15, -0.1) is 5.10 Å². The summed E-state index contributed by atoms with van der Waals surface area (Å²) in [5, 5.41) is 11.9. The van der Waals surface area contributed by atoms with Crippen molar-refractivity contribution < 1.29 is 4.74 Å². The molecular formula is C14H12BrN5O. The van der Waals surface area contributed by atoms with Gasteiger partial charge in [-0.3, -0.25) is 0 Å². The molecule has 0 atom stereocenters. The van der Waals surface area contributed by atoms with Gasteiger partial charge >= 0.3 is 0 Å². The Balaban J connectivity index is 2.13. The van der Waals surface area contributed by atoms with Gasteiger partial charge in [-0.05, 0) is 46.8 Å². The van der Waals surface area contributed by atoms with Crippen LogP contribution in [0, 0.1) is 0 Å². The summed E-state index contributed by atoms with van der Waals surface area (Å²) in [5.41, 5.74) is 8.04. The van der Waals surface area contributed by atoms with Crippen LogP contribution in [0.25, 0.3) is 17.1 Å². The average molecular weight is 346 g/mol. The molecule has 6 nitrogen and oxygen atoms in total. The Morgan fingerprint density at radius 2 is 1.90 bits per heavy atom. The van der Waals surface area contributed by atoms with Gasteiger partial charge in [0, 0.05) is 16.2 Å². The molecule has 0 aliphatic heterocycles. The van der Waals surface area contributed by atoms with Crippen LogP contribution in [0.3, 0.4) is 0 Å². The van der Waals surface area contributed by atoms with Crippen LogP contribution in [-0.2, 0) is 0 Å². The normalized spacial score (nSPS) is 10.6. The lowest BCUT2D eigenvalue weighted by Crippen LogP contribution is -2.01. The largest absolute Gasteiger partial charge is 0.496 e. The number of hydrogen-bond acceptors (Lipinski definition) is 5. The molecule has 0 amide bonds. The predicted molar refractivity (Wildman–Crippen MR) is 83.3 cm³/mol.